The van der Waals surface area contributed by atoms with Crippen LogP contribution in [0.5, 0.6) is 0 Å². The van der Waals surface area contributed by atoms with Gasteiger partial charge in [0, 0.05) is 11.8 Å². The SMILES string of the molecule is NC(=O)c1ccc(CNc2nccc3nc(-c4c(Cl)cccc4Cl)sc23)nn1. The fourth-order valence-corrected chi connectivity index (χ4v) is 4.34. The van der Waals surface area contributed by atoms with Crippen molar-refractivity contribution < 1.29 is 4.79 Å². The average Bonchev–Trinajstić information content (AvgIpc) is 3.10. The summed E-state index contributed by atoms with van der Waals surface area (Å²) in [6, 6.07) is 10.4. The number of hydrogen-bond acceptors (Lipinski definition) is 7. The van der Waals surface area contributed by atoms with Crippen molar-refractivity contribution >= 4 is 56.5 Å². The van der Waals surface area contributed by atoms with Crippen molar-refractivity contribution in [1.29, 1.82) is 0 Å². The summed E-state index contributed by atoms with van der Waals surface area (Å²) in [5, 5.41) is 12.8. The molecule has 4 rings (SSSR count). The van der Waals surface area contributed by atoms with Crippen LogP contribution in [0.3, 0.4) is 0 Å². The number of carbonyl (C=O) groups excluding carboxylic acids is 1. The Bertz CT molecular complexity index is 1160. The summed E-state index contributed by atoms with van der Waals surface area (Å²) in [5.41, 5.74) is 7.41. The number of benzene rings is 1. The molecule has 3 aromatic heterocycles. The lowest BCUT2D eigenvalue weighted by Gasteiger charge is -2.05. The first-order valence-corrected chi connectivity index (χ1v) is 9.66. The average molecular weight is 431 g/mol. The fraction of sp³-hybridized carbons (Fsp3) is 0.0556. The largest absolute Gasteiger partial charge is 0.364 e. The van der Waals surface area contributed by atoms with Crippen LogP contribution in [0.4, 0.5) is 5.82 Å². The summed E-state index contributed by atoms with van der Waals surface area (Å²) < 4.78 is 0.871. The van der Waals surface area contributed by atoms with Gasteiger partial charge in [0.15, 0.2) is 5.69 Å². The molecule has 140 valence electrons. The van der Waals surface area contributed by atoms with E-state index in [1.165, 1.54) is 17.4 Å². The maximum absolute atomic E-state index is 11.1. The summed E-state index contributed by atoms with van der Waals surface area (Å²) in [6.07, 6.45) is 1.67. The van der Waals surface area contributed by atoms with E-state index in [-0.39, 0.29) is 5.69 Å². The number of carbonyl (C=O) groups is 1. The van der Waals surface area contributed by atoms with Gasteiger partial charge in [-0.25, -0.2) is 9.97 Å². The third kappa shape index (κ3) is 3.62. The number of primary amides is 1. The van der Waals surface area contributed by atoms with Gasteiger partial charge in [-0.3, -0.25) is 4.79 Å². The van der Waals surface area contributed by atoms with E-state index in [0.29, 0.717) is 38.7 Å². The molecule has 0 bridgehead atoms. The first-order chi connectivity index (χ1) is 13.5. The van der Waals surface area contributed by atoms with Crippen molar-refractivity contribution in [2.75, 3.05) is 5.32 Å². The van der Waals surface area contributed by atoms with Crippen molar-refractivity contribution in [1.82, 2.24) is 20.2 Å². The highest BCUT2D eigenvalue weighted by Crippen LogP contribution is 2.40. The van der Waals surface area contributed by atoms with Gasteiger partial charge in [-0.15, -0.1) is 16.4 Å². The predicted molar refractivity (Wildman–Crippen MR) is 111 cm³/mol. The Morgan fingerprint density at radius 3 is 2.57 bits per heavy atom. The maximum Gasteiger partial charge on any atom is 0.269 e. The van der Waals surface area contributed by atoms with Gasteiger partial charge in [-0.1, -0.05) is 29.3 Å². The zero-order chi connectivity index (χ0) is 19.7. The number of anilines is 1. The first kappa shape index (κ1) is 18.5. The number of halogens is 2. The second-order valence-corrected chi connectivity index (χ2v) is 7.56. The van der Waals surface area contributed by atoms with Crippen molar-refractivity contribution in [3.8, 4) is 10.6 Å². The lowest BCUT2D eigenvalue weighted by Crippen LogP contribution is -2.14. The fourth-order valence-electron chi connectivity index (χ4n) is 2.55. The molecule has 0 saturated carbocycles. The van der Waals surface area contributed by atoms with Crippen LogP contribution in [-0.4, -0.2) is 26.1 Å². The molecule has 0 unspecified atom stereocenters. The third-order valence-electron chi connectivity index (χ3n) is 3.89. The molecule has 4 aromatic rings. The molecule has 0 fully saturated rings. The first-order valence-electron chi connectivity index (χ1n) is 8.09. The molecule has 0 aliphatic carbocycles. The number of nitrogens with one attached hydrogen (secondary N) is 1. The molecule has 0 saturated heterocycles. The van der Waals surface area contributed by atoms with E-state index in [1.54, 1.807) is 30.5 Å². The number of nitrogens with two attached hydrogens (primary N) is 1. The van der Waals surface area contributed by atoms with Crippen LogP contribution in [0.2, 0.25) is 10.0 Å². The Morgan fingerprint density at radius 2 is 1.89 bits per heavy atom. The smallest absolute Gasteiger partial charge is 0.269 e. The third-order valence-corrected chi connectivity index (χ3v) is 5.62. The molecule has 0 aliphatic heterocycles. The van der Waals surface area contributed by atoms with Gasteiger partial charge in [0.2, 0.25) is 0 Å². The predicted octanol–water partition coefficient (Wildman–Crippen LogP) is 4.17. The molecule has 1 aromatic carbocycles. The zero-order valence-corrected chi connectivity index (χ0v) is 16.5. The summed E-state index contributed by atoms with van der Waals surface area (Å²) in [4.78, 5) is 20.1. The van der Waals surface area contributed by atoms with Crippen LogP contribution in [0, 0.1) is 0 Å². The van der Waals surface area contributed by atoms with Gasteiger partial charge in [0.1, 0.15) is 10.8 Å². The number of fused-ring (bicyclic) bond motifs is 1. The van der Waals surface area contributed by atoms with Crippen molar-refractivity contribution in [2.24, 2.45) is 5.73 Å². The highest BCUT2D eigenvalue weighted by molar-refractivity contribution is 7.22. The van der Waals surface area contributed by atoms with Gasteiger partial charge in [-0.05, 0) is 30.3 Å². The Labute approximate surface area is 173 Å². The molecule has 28 heavy (non-hydrogen) atoms. The van der Waals surface area contributed by atoms with Crippen LogP contribution in [-0.2, 0) is 6.54 Å². The number of aromatic nitrogens is 4. The second kappa shape index (κ2) is 7.67. The Hall–Kier alpha value is -2.81. The number of pyridine rings is 1. The number of thiazole rings is 1. The Balaban J connectivity index is 1.63. The van der Waals surface area contributed by atoms with Gasteiger partial charge < -0.3 is 11.1 Å². The standard InChI is InChI=1S/C18H12Cl2N6OS/c19-10-2-1-3-11(20)14(10)18-24-12-6-7-22-17(15(12)28-18)23-8-9-4-5-13(16(21)27)26-25-9/h1-7H,8H2,(H2,21,27)(H,22,23). The van der Waals surface area contributed by atoms with Crippen LogP contribution in [0.25, 0.3) is 20.8 Å². The molecular weight excluding hydrogens is 419 g/mol. The number of hydrogen-bond donors (Lipinski definition) is 2. The number of nitrogens with zero attached hydrogens (tertiary/aromatic N) is 4. The van der Waals surface area contributed by atoms with Crippen molar-refractivity contribution in [2.45, 2.75) is 6.54 Å². The number of amides is 1. The lowest BCUT2D eigenvalue weighted by molar-refractivity contribution is 0.0994. The summed E-state index contributed by atoms with van der Waals surface area (Å²) in [7, 11) is 0. The minimum absolute atomic E-state index is 0.118. The zero-order valence-electron chi connectivity index (χ0n) is 14.2. The molecule has 0 radical (unpaired) electrons. The monoisotopic (exact) mass is 430 g/mol. The maximum atomic E-state index is 11.1. The van der Waals surface area contributed by atoms with Crippen LogP contribution < -0.4 is 11.1 Å². The van der Waals surface area contributed by atoms with E-state index < -0.39 is 5.91 Å². The molecular formula is C18H12Cl2N6OS. The summed E-state index contributed by atoms with van der Waals surface area (Å²) in [6.45, 7) is 0.373. The highest BCUT2D eigenvalue weighted by atomic mass is 35.5. The summed E-state index contributed by atoms with van der Waals surface area (Å²) in [5.74, 6) is 0.0408. The van der Waals surface area contributed by atoms with Crippen molar-refractivity contribution in [3.63, 3.8) is 0 Å². The Kier molecular flexibility index (Phi) is 5.08. The van der Waals surface area contributed by atoms with Gasteiger partial charge in [-0.2, -0.15) is 5.10 Å². The van der Waals surface area contributed by atoms with E-state index in [2.05, 4.69) is 25.5 Å². The highest BCUT2D eigenvalue weighted by Gasteiger charge is 2.15. The van der Waals surface area contributed by atoms with Gasteiger partial charge in [0.05, 0.1) is 32.5 Å². The molecule has 0 atom stereocenters. The number of rotatable bonds is 5. The van der Waals surface area contributed by atoms with E-state index in [9.17, 15) is 4.79 Å². The van der Waals surface area contributed by atoms with E-state index in [1.807, 2.05) is 6.07 Å². The van der Waals surface area contributed by atoms with Crippen LogP contribution >= 0.6 is 34.5 Å². The minimum atomic E-state index is -0.617. The Morgan fingerprint density at radius 1 is 1.11 bits per heavy atom. The van der Waals surface area contributed by atoms with Gasteiger partial charge >= 0.3 is 0 Å². The topological polar surface area (TPSA) is 107 Å². The molecule has 1 amide bonds. The minimum Gasteiger partial charge on any atom is -0.364 e. The molecule has 0 aliphatic rings. The lowest BCUT2D eigenvalue weighted by atomic mass is 10.2. The van der Waals surface area contributed by atoms with E-state index in [0.717, 1.165) is 10.2 Å². The van der Waals surface area contributed by atoms with Crippen LogP contribution in [0.1, 0.15) is 16.2 Å². The van der Waals surface area contributed by atoms with Crippen molar-refractivity contribution in [3.05, 3.63) is 64.0 Å². The summed E-state index contributed by atoms with van der Waals surface area (Å²) >= 11 is 14.1. The molecule has 10 heteroatoms. The molecule has 7 nitrogen and oxygen atoms in total. The van der Waals surface area contributed by atoms with Crippen LogP contribution in [0.15, 0.2) is 42.6 Å². The molecule has 3 N–H and O–H groups in total. The van der Waals surface area contributed by atoms with Gasteiger partial charge in [0.25, 0.3) is 5.91 Å². The normalized spacial score (nSPS) is 10.9. The molecule has 3 heterocycles. The van der Waals surface area contributed by atoms with E-state index >= 15 is 0 Å². The second-order valence-electron chi connectivity index (χ2n) is 5.75. The van der Waals surface area contributed by atoms with E-state index in [4.69, 9.17) is 28.9 Å². The molecule has 0 spiro atoms. The quantitative estimate of drug-likeness (QED) is 0.491.